The van der Waals surface area contributed by atoms with Crippen LogP contribution in [0.1, 0.15) is 37.0 Å². The summed E-state index contributed by atoms with van der Waals surface area (Å²) in [5, 5.41) is 6.17. The molecule has 0 fully saturated rings. The zero-order valence-electron chi connectivity index (χ0n) is 11.9. The number of benzene rings is 1. The normalized spacial score (nSPS) is 10.3. The average Bonchev–Trinajstić information content (AvgIpc) is 2.46. The van der Waals surface area contributed by atoms with Gasteiger partial charge in [-0.05, 0) is 30.2 Å². The van der Waals surface area contributed by atoms with E-state index in [0.717, 1.165) is 12.2 Å². The van der Waals surface area contributed by atoms with Crippen LogP contribution in [0, 0.1) is 5.92 Å². The monoisotopic (exact) mass is 260 g/mol. The number of carbonyl (C=O) groups is 1. The van der Waals surface area contributed by atoms with E-state index in [1.54, 1.807) is 6.08 Å². The number of anilines is 1. The Bertz CT molecular complexity index is 394. The van der Waals surface area contributed by atoms with E-state index in [0.29, 0.717) is 18.0 Å². The highest BCUT2D eigenvalue weighted by molar-refractivity contribution is 5.94. The summed E-state index contributed by atoms with van der Waals surface area (Å²) in [5.74, 6) is 0.641. The molecule has 0 saturated carbocycles. The van der Waals surface area contributed by atoms with E-state index in [2.05, 4.69) is 31.1 Å². The highest BCUT2D eigenvalue weighted by Gasteiger charge is 2.05. The second kappa shape index (κ2) is 8.35. The molecular formula is C16H24N2O. The van der Waals surface area contributed by atoms with E-state index in [1.807, 2.05) is 24.3 Å². The van der Waals surface area contributed by atoms with Crippen molar-refractivity contribution in [3.05, 3.63) is 42.5 Å². The van der Waals surface area contributed by atoms with Crippen molar-refractivity contribution in [2.75, 3.05) is 18.4 Å². The van der Waals surface area contributed by atoms with Crippen LogP contribution in [0.15, 0.2) is 36.9 Å². The van der Waals surface area contributed by atoms with Crippen LogP contribution < -0.4 is 10.6 Å². The molecule has 0 spiro atoms. The van der Waals surface area contributed by atoms with Crippen LogP contribution in [0.4, 0.5) is 5.69 Å². The van der Waals surface area contributed by atoms with Gasteiger partial charge >= 0.3 is 0 Å². The Hall–Kier alpha value is -1.77. The SMILES string of the molecule is C=CCNC(=O)c1ccc(NCC(CC)CC)cc1. The zero-order chi connectivity index (χ0) is 14.1. The molecular weight excluding hydrogens is 236 g/mol. The molecule has 3 nitrogen and oxygen atoms in total. The van der Waals surface area contributed by atoms with Gasteiger partial charge in [-0.3, -0.25) is 4.79 Å². The molecule has 1 amide bonds. The predicted octanol–water partition coefficient (Wildman–Crippen LogP) is 3.45. The zero-order valence-corrected chi connectivity index (χ0v) is 11.9. The van der Waals surface area contributed by atoms with Crippen molar-refractivity contribution >= 4 is 11.6 Å². The van der Waals surface area contributed by atoms with Crippen molar-refractivity contribution in [1.82, 2.24) is 5.32 Å². The Kier molecular flexibility index (Phi) is 6.72. The second-order valence-corrected chi connectivity index (χ2v) is 4.64. The lowest BCUT2D eigenvalue weighted by Gasteiger charge is -2.14. The number of amides is 1. The molecule has 1 aromatic rings. The van der Waals surface area contributed by atoms with Crippen molar-refractivity contribution in [3.8, 4) is 0 Å². The first-order valence-corrected chi connectivity index (χ1v) is 6.94. The molecule has 1 rings (SSSR count). The van der Waals surface area contributed by atoms with E-state index in [9.17, 15) is 4.79 Å². The first-order valence-electron chi connectivity index (χ1n) is 6.94. The van der Waals surface area contributed by atoms with E-state index in [1.165, 1.54) is 12.8 Å². The van der Waals surface area contributed by atoms with Gasteiger partial charge in [-0.1, -0.05) is 32.8 Å². The number of carbonyl (C=O) groups excluding carboxylic acids is 1. The Morgan fingerprint density at radius 2 is 1.89 bits per heavy atom. The Labute approximate surface area is 116 Å². The van der Waals surface area contributed by atoms with Crippen LogP contribution in [0.5, 0.6) is 0 Å². The van der Waals surface area contributed by atoms with Crippen LogP contribution in [0.2, 0.25) is 0 Å². The lowest BCUT2D eigenvalue weighted by atomic mass is 10.0. The smallest absolute Gasteiger partial charge is 0.251 e. The third-order valence-corrected chi connectivity index (χ3v) is 3.30. The van der Waals surface area contributed by atoms with Gasteiger partial charge in [0.1, 0.15) is 0 Å². The maximum Gasteiger partial charge on any atom is 0.251 e. The molecule has 0 atom stereocenters. The molecule has 0 heterocycles. The molecule has 0 aliphatic carbocycles. The lowest BCUT2D eigenvalue weighted by Crippen LogP contribution is -2.23. The summed E-state index contributed by atoms with van der Waals surface area (Å²) in [7, 11) is 0. The number of rotatable bonds is 8. The van der Waals surface area contributed by atoms with Crippen molar-refractivity contribution < 1.29 is 4.79 Å². The van der Waals surface area contributed by atoms with Gasteiger partial charge in [0.15, 0.2) is 0 Å². The Morgan fingerprint density at radius 3 is 2.42 bits per heavy atom. The molecule has 0 aliphatic heterocycles. The molecule has 0 aliphatic rings. The molecule has 0 saturated heterocycles. The average molecular weight is 260 g/mol. The topological polar surface area (TPSA) is 41.1 Å². The van der Waals surface area contributed by atoms with Gasteiger partial charge in [-0.2, -0.15) is 0 Å². The summed E-state index contributed by atoms with van der Waals surface area (Å²) in [6.07, 6.45) is 4.04. The number of hydrogen-bond acceptors (Lipinski definition) is 2. The minimum Gasteiger partial charge on any atom is -0.385 e. The summed E-state index contributed by atoms with van der Waals surface area (Å²) in [5.41, 5.74) is 1.74. The van der Waals surface area contributed by atoms with Gasteiger partial charge in [0.25, 0.3) is 5.91 Å². The molecule has 3 heteroatoms. The van der Waals surface area contributed by atoms with Crippen LogP contribution in [-0.2, 0) is 0 Å². The predicted molar refractivity (Wildman–Crippen MR) is 81.5 cm³/mol. The van der Waals surface area contributed by atoms with Crippen molar-refractivity contribution in [1.29, 1.82) is 0 Å². The maximum absolute atomic E-state index is 11.7. The van der Waals surface area contributed by atoms with Gasteiger partial charge in [0, 0.05) is 24.3 Å². The molecule has 0 radical (unpaired) electrons. The summed E-state index contributed by atoms with van der Waals surface area (Å²) < 4.78 is 0. The standard InChI is InChI=1S/C16H24N2O/c1-4-11-17-16(19)14-7-9-15(10-8-14)18-12-13(5-2)6-3/h4,7-10,13,18H,1,5-6,11-12H2,2-3H3,(H,17,19). The van der Waals surface area contributed by atoms with E-state index in [4.69, 9.17) is 0 Å². The van der Waals surface area contributed by atoms with Crippen LogP contribution >= 0.6 is 0 Å². The summed E-state index contributed by atoms with van der Waals surface area (Å²) in [6.45, 7) is 9.47. The number of nitrogens with one attached hydrogen (secondary N) is 2. The van der Waals surface area contributed by atoms with Crippen LogP contribution in [-0.4, -0.2) is 19.0 Å². The highest BCUT2D eigenvalue weighted by atomic mass is 16.1. The van der Waals surface area contributed by atoms with Crippen molar-refractivity contribution in [3.63, 3.8) is 0 Å². The Balaban J connectivity index is 2.51. The molecule has 2 N–H and O–H groups in total. The second-order valence-electron chi connectivity index (χ2n) is 4.64. The summed E-state index contributed by atoms with van der Waals surface area (Å²) >= 11 is 0. The summed E-state index contributed by atoms with van der Waals surface area (Å²) in [6, 6.07) is 7.58. The minimum absolute atomic E-state index is 0.0635. The summed E-state index contributed by atoms with van der Waals surface area (Å²) in [4.78, 5) is 11.7. The van der Waals surface area contributed by atoms with Gasteiger partial charge < -0.3 is 10.6 Å². The fraction of sp³-hybridized carbons (Fsp3) is 0.438. The molecule has 1 aromatic carbocycles. The van der Waals surface area contributed by atoms with Crippen molar-refractivity contribution in [2.45, 2.75) is 26.7 Å². The van der Waals surface area contributed by atoms with Crippen molar-refractivity contribution in [2.24, 2.45) is 5.92 Å². The number of hydrogen-bond donors (Lipinski definition) is 2. The molecule has 0 bridgehead atoms. The molecule has 0 unspecified atom stereocenters. The Morgan fingerprint density at radius 1 is 1.26 bits per heavy atom. The maximum atomic E-state index is 11.7. The van der Waals surface area contributed by atoms with E-state index >= 15 is 0 Å². The first-order chi connectivity index (χ1) is 9.21. The molecule has 0 aromatic heterocycles. The van der Waals surface area contributed by atoms with Gasteiger partial charge in [0.05, 0.1) is 0 Å². The van der Waals surface area contributed by atoms with Crippen LogP contribution in [0.25, 0.3) is 0 Å². The first kappa shape index (κ1) is 15.3. The largest absolute Gasteiger partial charge is 0.385 e. The fourth-order valence-electron chi connectivity index (χ4n) is 1.85. The quantitative estimate of drug-likeness (QED) is 0.703. The molecule has 19 heavy (non-hydrogen) atoms. The van der Waals surface area contributed by atoms with Gasteiger partial charge in [-0.15, -0.1) is 6.58 Å². The van der Waals surface area contributed by atoms with E-state index in [-0.39, 0.29) is 5.91 Å². The fourth-order valence-corrected chi connectivity index (χ4v) is 1.85. The third-order valence-electron chi connectivity index (χ3n) is 3.30. The minimum atomic E-state index is -0.0635. The highest BCUT2D eigenvalue weighted by Crippen LogP contribution is 2.13. The molecule has 104 valence electrons. The van der Waals surface area contributed by atoms with Gasteiger partial charge in [0.2, 0.25) is 0 Å². The van der Waals surface area contributed by atoms with E-state index < -0.39 is 0 Å². The van der Waals surface area contributed by atoms with Crippen LogP contribution in [0.3, 0.4) is 0 Å². The van der Waals surface area contributed by atoms with Gasteiger partial charge in [-0.25, -0.2) is 0 Å². The third kappa shape index (κ3) is 5.16. The lowest BCUT2D eigenvalue weighted by molar-refractivity contribution is 0.0958.